The molecule has 27 heavy (non-hydrogen) atoms. The number of primary sulfonamides is 1. The van der Waals surface area contributed by atoms with Gasteiger partial charge in [-0.05, 0) is 48.2 Å². The second-order valence-corrected chi connectivity index (χ2v) is 9.17. The molecule has 2 aliphatic rings. The maximum absolute atomic E-state index is 11.5. The minimum atomic E-state index is -3.68. The summed E-state index contributed by atoms with van der Waals surface area (Å²) in [5, 5.41) is 5.23. The third-order valence-corrected chi connectivity index (χ3v) is 6.81. The zero-order valence-electron chi connectivity index (χ0n) is 15.5. The number of rotatable bonds is 4. The highest BCUT2D eigenvalue weighted by atomic mass is 32.2. The fraction of sp³-hybridized carbons (Fsp3) is 0.400. The molecule has 3 unspecified atom stereocenters. The highest BCUT2D eigenvalue weighted by Gasteiger charge is 2.40. The van der Waals surface area contributed by atoms with Gasteiger partial charge in [-0.3, -0.25) is 4.90 Å². The van der Waals surface area contributed by atoms with Gasteiger partial charge in [0.25, 0.3) is 0 Å². The molecule has 0 spiro atoms. The molecule has 0 radical (unpaired) electrons. The molecule has 1 aliphatic carbocycles. The zero-order valence-corrected chi connectivity index (χ0v) is 16.3. The van der Waals surface area contributed by atoms with E-state index < -0.39 is 10.0 Å². The van der Waals surface area contributed by atoms with E-state index in [2.05, 4.69) is 41.1 Å². The average molecular weight is 387 g/mol. The lowest BCUT2D eigenvalue weighted by molar-refractivity contribution is 0.217. The summed E-state index contributed by atoms with van der Waals surface area (Å²) in [6.45, 7) is 1.95. The van der Waals surface area contributed by atoms with Crippen LogP contribution in [-0.4, -0.2) is 45.5 Å². The number of benzene rings is 2. The molecular formula is C20H26N4O2S. The number of sulfonamides is 1. The summed E-state index contributed by atoms with van der Waals surface area (Å²) >= 11 is 0. The van der Waals surface area contributed by atoms with E-state index in [1.165, 1.54) is 11.1 Å². The Labute approximate surface area is 160 Å². The van der Waals surface area contributed by atoms with Gasteiger partial charge in [-0.2, -0.15) is 0 Å². The predicted molar refractivity (Wildman–Crippen MR) is 107 cm³/mol. The lowest BCUT2D eigenvalue weighted by Crippen LogP contribution is -2.43. The summed E-state index contributed by atoms with van der Waals surface area (Å²) in [7, 11) is -1.61. The predicted octanol–water partition coefficient (Wildman–Crippen LogP) is 1.47. The van der Waals surface area contributed by atoms with Crippen LogP contribution in [0.2, 0.25) is 0 Å². The molecule has 1 heterocycles. The Morgan fingerprint density at radius 2 is 1.81 bits per heavy atom. The van der Waals surface area contributed by atoms with Crippen molar-refractivity contribution in [1.29, 1.82) is 0 Å². The molecule has 4 rings (SSSR count). The van der Waals surface area contributed by atoms with Gasteiger partial charge < -0.3 is 10.6 Å². The van der Waals surface area contributed by atoms with Crippen LogP contribution in [-0.2, 0) is 16.4 Å². The van der Waals surface area contributed by atoms with Gasteiger partial charge in [0.15, 0.2) is 0 Å². The largest absolute Gasteiger partial charge is 0.366 e. The van der Waals surface area contributed by atoms with E-state index in [-0.39, 0.29) is 17.0 Å². The molecule has 7 heteroatoms. The topological polar surface area (TPSA) is 92.7 Å². The van der Waals surface area contributed by atoms with Gasteiger partial charge in [-0.15, -0.1) is 0 Å². The molecule has 0 aromatic heterocycles. The van der Waals surface area contributed by atoms with E-state index >= 15 is 0 Å². The van der Waals surface area contributed by atoms with E-state index in [1.54, 1.807) is 12.1 Å². The number of nitrogens with zero attached hydrogens (tertiary/aromatic N) is 2. The fourth-order valence-electron chi connectivity index (χ4n) is 4.50. The summed E-state index contributed by atoms with van der Waals surface area (Å²) < 4.78 is 23.1. The second kappa shape index (κ2) is 6.91. The molecular weight excluding hydrogens is 360 g/mol. The Balaban J connectivity index is 1.67. The standard InChI is InChI=1S/C20H26N4O2S/c1-23(16-6-8-17(9-7-16)27(22,25)26)20-18-5-3-2-4-14(18)12-19(20)24-11-10-15(21)13-24/h2-9,15,19-20H,10-13,21H2,1H3,(H2,22,25,26). The van der Waals surface area contributed by atoms with E-state index in [9.17, 15) is 8.42 Å². The summed E-state index contributed by atoms with van der Waals surface area (Å²) in [6.07, 6.45) is 2.04. The van der Waals surface area contributed by atoms with Crippen molar-refractivity contribution in [2.24, 2.45) is 10.9 Å². The number of fused-ring (bicyclic) bond motifs is 1. The molecule has 0 amide bonds. The van der Waals surface area contributed by atoms with Crippen LogP contribution in [0.1, 0.15) is 23.6 Å². The summed E-state index contributed by atoms with van der Waals surface area (Å²) in [4.78, 5) is 4.88. The van der Waals surface area contributed by atoms with Gasteiger partial charge in [0.1, 0.15) is 0 Å². The van der Waals surface area contributed by atoms with Gasteiger partial charge in [-0.1, -0.05) is 24.3 Å². The SMILES string of the molecule is CN(c1ccc(S(N)(=O)=O)cc1)C1c2ccccc2CC1N1CCC(N)C1. The number of hydrogen-bond acceptors (Lipinski definition) is 5. The van der Waals surface area contributed by atoms with E-state index in [0.717, 1.165) is 31.6 Å². The minimum Gasteiger partial charge on any atom is -0.366 e. The second-order valence-electron chi connectivity index (χ2n) is 7.61. The Hall–Kier alpha value is -1.93. The molecule has 1 saturated heterocycles. The Bertz CT molecular complexity index is 929. The molecule has 2 aromatic rings. The van der Waals surface area contributed by atoms with Gasteiger partial charge in [0, 0.05) is 37.9 Å². The first-order valence-electron chi connectivity index (χ1n) is 9.28. The van der Waals surface area contributed by atoms with Crippen molar-refractivity contribution in [3.05, 3.63) is 59.7 Å². The molecule has 0 saturated carbocycles. The summed E-state index contributed by atoms with van der Waals surface area (Å²) in [5.41, 5.74) is 9.84. The zero-order chi connectivity index (χ0) is 19.2. The van der Waals surface area contributed by atoms with Crippen LogP contribution in [0.3, 0.4) is 0 Å². The van der Waals surface area contributed by atoms with Gasteiger partial charge in [0.05, 0.1) is 10.9 Å². The number of hydrogen-bond donors (Lipinski definition) is 2. The van der Waals surface area contributed by atoms with E-state index in [0.29, 0.717) is 6.04 Å². The molecule has 4 N–H and O–H groups in total. The summed E-state index contributed by atoms with van der Waals surface area (Å²) in [6, 6.07) is 16.2. The monoisotopic (exact) mass is 386 g/mol. The molecule has 1 fully saturated rings. The fourth-order valence-corrected chi connectivity index (χ4v) is 5.01. The highest BCUT2D eigenvalue weighted by Crippen LogP contribution is 2.41. The molecule has 144 valence electrons. The Morgan fingerprint density at radius 3 is 2.44 bits per heavy atom. The lowest BCUT2D eigenvalue weighted by Gasteiger charge is -2.37. The van der Waals surface area contributed by atoms with Gasteiger partial charge >= 0.3 is 0 Å². The average Bonchev–Trinajstić information content (AvgIpc) is 3.24. The van der Waals surface area contributed by atoms with Crippen molar-refractivity contribution in [3.8, 4) is 0 Å². The van der Waals surface area contributed by atoms with Crippen molar-refractivity contribution < 1.29 is 8.42 Å². The van der Waals surface area contributed by atoms with Crippen LogP contribution in [0.25, 0.3) is 0 Å². The first-order chi connectivity index (χ1) is 12.8. The van der Waals surface area contributed by atoms with E-state index in [1.807, 2.05) is 12.1 Å². The van der Waals surface area contributed by atoms with Crippen LogP contribution >= 0.6 is 0 Å². The molecule has 2 aromatic carbocycles. The minimum absolute atomic E-state index is 0.133. The molecule has 0 bridgehead atoms. The van der Waals surface area contributed by atoms with Crippen LogP contribution in [0.5, 0.6) is 0 Å². The number of nitrogens with two attached hydrogens (primary N) is 2. The highest BCUT2D eigenvalue weighted by molar-refractivity contribution is 7.89. The van der Waals surface area contributed by atoms with Gasteiger partial charge in [0.2, 0.25) is 10.0 Å². The van der Waals surface area contributed by atoms with Crippen LogP contribution in [0, 0.1) is 0 Å². The van der Waals surface area contributed by atoms with Gasteiger partial charge in [-0.25, -0.2) is 13.6 Å². The number of likely N-dealkylation sites (tertiary alicyclic amines) is 1. The first-order valence-corrected chi connectivity index (χ1v) is 10.8. The summed E-state index contributed by atoms with van der Waals surface area (Å²) in [5.74, 6) is 0. The van der Waals surface area contributed by atoms with Crippen molar-refractivity contribution in [2.45, 2.75) is 35.9 Å². The smallest absolute Gasteiger partial charge is 0.238 e. The third kappa shape index (κ3) is 3.48. The Morgan fingerprint density at radius 1 is 1.11 bits per heavy atom. The van der Waals surface area contributed by atoms with Crippen molar-refractivity contribution in [1.82, 2.24) is 4.90 Å². The maximum Gasteiger partial charge on any atom is 0.238 e. The van der Waals surface area contributed by atoms with Crippen molar-refractivity contribution in [2.75, 3.05) is 25.0 Å². The van der Waals surface area contributed by atoms with E-state index in [4.69, 9.17) is 10.9 Å². The van der Waals surface area contributed by atoms with Crippen molar-refractivity contribution in [3.63, 3.8) is 0 Å². The van der Waals surface area contributed by atoms with Crippen LogP contribution < -0.4 is 15.8 Å². The Kier molecular flexibility index (Phi) is 4.71. The third-order valence-electron chi connectivity index (χ3n) is 5.88. The molecule has 6 nitrogen and oxygen atoms in total. The number of likely N-dealkylation sites (N-methyl/N-ethyl adjacent to an activating group) is 1. The number of anilines is 1. The molecule has 3 atom stereocenters. The van der Waals surface area contributed by atoms with Crippen LogP contribution in [0.15, 0.2) is 53.4 Å². The first kappa shape index (κ1) is 18.4. The maximum atomic E-state index is 11.5. The van der Waals surface area contributed by atoms with Crippen LogP contribution in [0.4, 0.5) is 5.69 Å². The lowest BCUT2D eigenvalue weighted by atomic mass is 10.0. The normalized spacial score (nSPS) is 25.5. The quantitative estimate of drug-likeness (QED) is 0.830. The molecule has 1 aliphatic heterocycles. The van der Waals surface area contributed by atoms with Crippen molar-refractivity contribution >= 4 is 15.7 Å².